The molecule has 0 spiro atoms. The van der Waals surface area contributed by atoms with Gasteiger partial charge in [-0.2, -0.15) is 22.7 Å². The number of carbonyl (C=O) groups excluding carboxylic acids is 1. The van der Waals surface area contributed by atoms with Crippen molar-refractivity contribution in [2.45, 2.75) is 12.7 Å². The predicted octanol–water partition coefficient (Wildman–Crippen LogP) is 0.592. The SMILES string of the molecule is COC(=O)C(F)(F)F.O=C(O)C[n+]1ccc(-c2nc(=O)[nH]s2)cc1. The number of methoxy groups -OCH3 is 1. The summed E-state index contributed by atoms with van der Waals surface area (Å²) in [6.07, 6.45) is -1.58. The van der Waals surface area contributed by atoms with Crippen LogP contribution in [-0.2, 0) is 20.9 Å². The molecule has 0 bridgehead atoms. The van der Waals surface area contributed by atoms with Gasteiger partial charge in [-0.25, -0.2) is 14.4 Å². The van der Waals surface area contributed by atoms with Crippen LogP contribution in [0.4, 0.5) is 13.2 Å². The number of nitrogens with zero attached hydrogens (tertiary/aromatic N) is 2. The van der Waals surface area contributed by atoms with E-state index in [2.05, 4.69) is 14.1 Å². The van der Waals surface area contributed by atoms with Gasteiger partial charge in [-0.15, -0.1) is 0 Å². The molecular formula is C12H11F3N3O5S+. The lowest BCUT2D eigenvalue weighted by atomic mass is 10.3. The standard InChI is InChI=1S/C9H7N3O3S.C3H3F3O2/c13-7(14)5-12-3-1-6(2-4-12)8-10-9(15)11-16-8;1-8-2(7)3(4,5)6/h1-4H,5H2,(H-,11,13,14,15);1H3/p+1. The second kappa shape index (κ2) is 8.19. The molecule has 0 aliphatic heterocycles. The van der Waals surface area contributed by atoms with Crippen molar-refractivity contribution < 1.29 is 37.2 Å². The average molecular weight is 366 g/mol. The number of aromatic nitrogens is 3. The molecule has 8 nitrogen and oxygen atoms in total. The summed E-state index contributed by atoms with van der Waals surface area (Å²) in [5, 5.41) is 9.17. The van der Waals surface area contributed by atoms with E-state index in [4.69, 9.17) is 5.11 Å². The number of halogens is 3. The smallest absolute Gasteiger partial charge is 0.477 e. The number of aliphatic carboxylic acids is 1. The third kappa shape index (κ3) is 6.16. The fourth-order valence-corrected chi connectivity index (χ4v) is 1.94. The molecule has 0 fully saturated rings. The molecule has 24 heavy (non-hydrogen) atoms. The van der Waals surface area contributed by atoms with Crippen molar-refractivity contribution in [2.24, 2.45) is 0 Å². The first kappa shape index (κ1) is 19.3. The molecule has 2 aromatic heterocycles. The van der Waals surface area contributed by atoms with E-state index in [1.54, 1.807) is 24.5 Å². The lowest BCUT2D eigenvalue weighted by Crippen LogP contribution is -2.36. The van der Waals surface area contributed by atoms with Crippen LogP contribution in [0.1, 0.15) is 0 Å². The summed E-state index contributed by atoms with van der Waals surface area (Å²) in [5.74, 6) is -3.07. The van der Waals surface area contributed by atoms with Gasteiger partial charge in [0.15, 0.2) is 12.4 Å². The first-order valence-corrected chi connectivity index (χ1v) is 6.87. The summed E-state index contributed by atoms with van der Waals surface area (Å²) in [6, 6.07) is 3.43. The summed E-state index contributed by atoms with van der Waals surface area (Å²) in [6.45, 7) is -0.0862. The van der Waals surface area contributed by atoms with Gasteiger partial charge >= 0.3 is 23.8 Å². The molecule has 0 radical (unpaired) electrons. The highest BCUT2D eigenvalue weighted by Crippen LogP contribution is 2.16. The fourth-order valence-electron chi connectivity index (χ4n) is 1.33. The van der Waals surface area contributed by atoms with Gasteiger partial charge in [0.1, 0.15) is 5.01 Å². The minimum Gasteiger partial charge on any atom is -0.477 e. The van der Waals surface area contributed by atoms with Crippen molar-refractivity contribution in [3.63, 3.8) is 0 Å². The Morgan fingerprint density at radius 3 is 2.29 bits per heavy atom. The normalized spacial score (nSPS) is 10.5. The summed E-state index contributed by atoms with van der Waals surface area (Å²) in [5.41, 5.74) is 0.409. The monoisotopic (exact) mass is 366 g/mol. The Kier molecular flexibility index (Phi) is 6.58. The van der Waals surface area contributed by atoms with Crippen LogP contribution in [0, 0.1) is 0 Å². The number of carbonyl (C=O) groups is 2. The quantitative estimate of drug-likeness (QED) is 0.607. The number of carboxylic acids is 1. The van der Waals surface area contributed by atoms with E-state index < -0.39 is 18.1 Å². The maximum Gasteiger partial charge on any atom is 0.490 e. The third-order valence-electron chi connectivity index (χ3n) is 2.31. The van der Waals surface area contributed by atoms with Crippen molar-refractivity contribution in [3.8, 4) is 10.6 Å². The number of H-pyrrole nitrogens is 1. The Labute approximate surface area is 136 Å². The summed E-state index contributed by atoms with van der Waals surface area (Å²) in [7, 11) is 0.676. The van der Waals surface area contributed by atoms with Crippen LogP contribution in [0.5, 0.6) is 0 Å². The Morgan fingerprint density at radius 2 is 1.96 bits per heavy atom. The molecule has 2 aromatic rings. The molecule has 0 aliphatic carbocycles. The fraction of sp³-hybridized carbons (Fsp3) is 0.250. The predicted molar refractivity (Wildman–Crippen MR) is 74.1 cm³/mol. The molecule has 0 aliphatic rings. The number of nitrogens with one attached hydrogen (secondary N) is 1. The van der Waals surface area contributed by atoms with Crippen molar-refractivity contribution in [3.05, 3.63) is 35.0 Å². The Morgan fingerprint density at radius 1 is 1.38 bits per heavy atom. The Balaban J connectivity index is 0.000000307. The van der Waals surface area contributed by atoms with E-state index in [0.717, 1.165) is 17.1 Å². The summed E-state index contributed by atoms with van der Waals surface area (Å²) < 4.78 is 40.3. The largest absolute Gasteiger partial charge is 0.490 e. The van der Waals surface area contributed by atoms with E-state index in [0.29, 0.717) is 12.1 Å². The zero-order valence-electron chi connectivity index (χ0n) is 12.0. The highest BCUT2D eigenvalue weighted by molar-refractivity contribution is 7.09. The minimum atomic E-state index is -4.85. The molecule has 0 aromatic carbocycles. The van der Waals surface area contributed by atoms with Gasteiger partial charge < -0.3 is 9.84 Å². The van der Waals surface area contributed by atoms with Crippen LogP contribution < -0.4 is 10.3 Å². The van der Waals surface area contributed by atoms with Gasteiger partial charge in [0.25, 0.3) is 0 Å². The number of rotatable bonds is 3. The number of ether oxygens (including phenoxy) is 1. The summed E-state index contributed by atoms with van der Waals surface area (Å²) >= 11 is 1.15. The van der Waals surface area contributed by atoms with Crippen LogP contribution in [0.3, 0.4) is 0 Å². The highest BCUT2D eigenvalue weighted by atomic mass is 32.1. The Hall–Kier alpha value is -2.76. The number of hydrogen-bond acceptors (Lipinski definition) is 6. The number of alkyl halides is 3. The lowest BCUT2D eigenvalue weighted by molar-refractivity contribution is -0.685. The van der Waals surface area contributed by atoms with Crippen LogP contribution >= 0.6 is 11.5 Å². The lowest BCUT2D eigenvalue weighted by Gasteiger charge is -1.99. The molecule has 0 atom stereocenters. The second-order valence-electron chi connectivity index (χ2n) is 4.07. The molecule has 2 rings (SSSR count). The molecule has 2 N–H and O–H groups in total. The van der Waals surface area contributed by atoms with Gasteiger partial charge in [0.2, 0.25) is 6.54 Å². The number of aromatic amines is 1. The van der Waals surface area contributed by atoms with Crippen LogP contribution in [0.15, 0.2) is 29.3 Å². The maximum absolute atomic E-state index is 11.0. The third-order valence-corrected chi connectivity index (χ3v) is 3.11. The number of hydrogen-bond donors (Lipinski definition) is 2. The minimum absolute atomic E-state index is 0.0862. The van der Waals surface area contributed by atoms with E-state index in [1.165, 1.54) is 4.57 Å². The number of pyridine rings is 1. The van der Waals surface area contributed by atoms with Crippen LogP contribution in [0.2, 0.25) is 0 Å². The van der Waals surface area contributed by atoms with Gasteiger partial charge in [-0.1, -0.05) is 0 Å². The number of carboxylic acid groups (broad SMARTS) is 1. The van der Waals surface area contributed by atoms with Crippen molar-refractivity contribution in [2.75, 3.05) is 7.11 Å². The molecule has 130 valence electrons. The van der Waals surface area contributed by atoms with Crippen LogP contribution in [-0.4, -0.2) is 39.7 Å². The molecular weight excluding hydrogens is 355 g/mol. The maximum atomic E-state index is 11.0. The van der Waals surface area contributed by atoms with Crippen molar-refractivity contribution in [1.29, 1.82) is 0 Å². The zero-order valence-corrected chi connectivity index (χ0v) is 12.8. The van der Waals surface area contributed by atoms with Gasteiger partial charge in [0, 0.05) is 17.7 Å². The topological polar surface area (TPSA) is 113 Å². The second-order valence-corrected chi connectivity index (χ2v) is 4.86. The van der Waals surface area contributed by atoms with E-state index in [-0.39, 0.29) is 12.2 Å². The molecule has 0 unspecified atom stereocenters. The van der Waals surface area contributed by atoms with Gasteiger partial charge in [-0.05, 0) is 11.5 Å². The first-order valence-electron chi connectivity index (χ1n) is 6.05. The Bertz CT molecular complexity index is 754. The number of esters is 1. The van der Waals surface area contributed by atoms with E-state index in [9.17, 15) is 27.6 Å². The van der Waals surface area contributed by atoms with E-state index in [1.807, 2.05) is 0 Å². The van der Waals surface area contributed by atoms with Gasteiger partial charge in [0.05, 0.1) is 7.11 Å². The average Bonchev–Trinajstić information content (AvgIpc) is 2.93. The molecule has 0 amide bonds. The van der Waals surface area contributed by atoms with Gasteiger partial charge in [-0.3, -0.25) is 4.37 Å². The van der Waals surface area contributed by atoms with E-state index >= 15 is 0 Å². The molecule has 12 heteroatoms. The molecule has 2 heterocycles. The molecule has 0 saturated heterocycles. The highest BCUT2D eigenvalue weighted by Gasteiger charge is 2.40. The summed E-state index contributed by atoms with van der Waals surface area (Å²) in [4.78, 5) is 34.5. The zero-order chi connectivity index (χ0) is 18.3. The first-order chi connectivity index (χ1) is 11.1. The molecule has 0 saturated carbocycles. The van der Waals surface area contributed by atoms with Crippen molar-refractivity contribution in [1.82, 2.24) is 9.36 Å². The van der Waals surface area contributed by atoms with Crippen LogP contribution in [0.25, 0.3) is 10.6 Å². The van der Waals surface area contributed by atoms with Crippen molar-refractivity contribution >= 4 is 23.5 Å².